The number of rotatable bonds is 6. The van der Waals surface area contributed by atoms with Crippen molar-refractivity contribution in [2.75, 3.05) is 32.8 Å². The molecule has 27 heavy (non-hydrogen) atoms. The lowest BCUT2D eigenvalue weighted by molar-refractivity contribution is 0.0300. The molecule has 7 heteroatoms. The second-order valence-corrected chi connectivity index (χ2v) is 8.89. The van der Waals surface area contributed by atoms with Crippen LogP contribution in [-0.4, -0.2) is 63.9 Å². The third kappa shape index (κ3) is 5.75. The number of hydrogen-bond donors (Lipinski definition) is 1. The average molecular weight is 393 g/mol. The van der Waals surface area contributed by atoms with Crippen LogP contribution in [0.1, 0.15) is 33.1 Å². The summed E-state index contributed by atoms with van der Waals surface area (Å²) in [5.41, 5.74) is 1.14. The summed E-state index contributed by atoms with van der Waals surface area (Å²) in [6.45, 7) is 11.5. The SMILES string of the molecule is CC(C)(C)CN1CCN(Cc2nc(-c3ccc(Cl)cc3)no2)C[C@@H]1CCO. The smallest absolute Gasteiger partial charge is 0.241 e. The van der Waals surface area contributed by atoms with Crippen LogP contribution in [0.3, 0.4) is 0 Å². The highest BCUT2D eigenvalue weighted by atomic mass is 35.5. The maximum atomic E-state index is 9.46. The van der Waals surface area contributed by atoms with Gasteiger partial charge in [0.25, 0.3) is 0 Å². The molecular formula is C20H29ClN4O2. The number of benzene rings is 1. The standard InChI is InChI=1S/C20H29ClN4O2/c1-20(2,3)14-25-10-9-24(12-17(25)8-11-26)13-18-22-19(23-27-18)15-4-6-16(21)7-5-15/h4-7,17,26H,8-14H2,1-3H3/t17-/m0/s1. The Morgan fingerprint density at radius 2 is 1.96 bits per heavy atom. The summed E-state index contributed by atoms with van der Waals surface area (Å²) < 4.78 is 5.46. The van der Waals surface area contributed by atoms with Crippen molar-refractivity contribution in [1.29, 1.82) is 0 Å². The molecule has 0 aliphatic carbocycles. The topological polar surface area (TPSA) is 65.6 Å². The van der Waals surface area contributed by atoms with Gasteiger partial charge in [-0.3, -0.25) is 9.80 Å². The number of aliphatic hydroxyl groups excluding tert-OH is 1. The molecule has 0 bridgehead atoms. The zero-order valence-corrected chi connectivity index (χ0v) is 17.1. The molecule has 2 heterocycles. The van der Waals surface area contributed by atoms with E-state index in [1.165, 1.54) is 0 Å². The van der Waals surface area contributed by atoms with Crippen molar-refractivity contribution in [3.63, 3.8) is 0 Å². The second-order valence-electron chi connectivity index (χ2n) is 8.45. The van der Waals surface area contributed by atoms with Crippen molar-refractivity contribution < 1.29 is 9.63 Å². The van der Waals surface area contributed by atoms with Gasteiger partial charge in [0, 0.05) is 49.4 Å². The van der Waals surface area contributed by atoms with Crippen molar-refractivity contribution in [1.82, 2.24) is 19.9 Å². The van der Waals surface area contributed by atoms with E-state index >= 15 is 0 Å². The predicted octanol–water partition coefficient (Wildman–Crippen LogP) is 3.30. The minimum atomic E-state index is 0.209. The van der Waals surface area contributed by atoms with E-state index in [-0.39, 0.29) is 12.0 Å². The molecule has 0 amide bonds. The molecule has 1 aromatic heterocycles. The van der Waals surface area contributed by atoms with Gasteiger partial charge >= 0.3 is 0 Å². The zero-order chi connectivity index (χ0) is 19.4. The first-order valence-electron chi connectivity index (χ1n) is 9.50. The van der Waals surface area contributed by atoms with Gasteiger partial charge < -0.3 is 9.63 Å². The third-order valence-electron chi connectivity index (χ3n) is 4.76. The summed E-state index contributed by atoms with van der Waals surface area (Å²) in [5, 5.41) is 14.2. The largest absolute Gasteiger partial charge is 0.396 e. The summed E-state index contributed by atoms with van der Waals surface area (Å²) >= 11 is 5.93. The Labute approximate surface area is 166 Å². The summed E-state index contributed by atoms with van der Waals surface area (Å²) in [6.07, 6.45) is 0.784. The lowest BCUT2D eigenvalue weighted by Gasteiger charge is -2.43. The Balaban J connectivity index is 1.62. The van der Waals surface area contributed by atoms with Crippen LogP contribution in [0.4, 0.5) is 0 Å². The van der Waals surface area contributed by atoms with Gasteiger partial charge in [0.1, 0.15) is 0 Å². The minimum Gasteiger partial charge on any atom is -0.396 e. The van der Waals surface area contributed by atoms with Crippen molar-refractivity contribution in [3.8, 4) is 11.4 Å². The summed E-state index contributed by atoms with van der Waals surface area (Å²) in [6, 6.07) is 7.77. The molecule has 1 aromatic carbocycles. The van der Waals surface area contributed by atoms with E-state index in [0.717, 1.165) is 38.2 Å². The highest BCUT2D eigenvalue weighted by Gasteiger charge is 2.30. The van der Waals surface area contributed by atoms with Gasteiger partial charge in [-0.1, -0.05) is 37.5 Å². The Kier molecular flexibility index (Phi) is 6.52. The third-order valence-corrected chi connectivity index (χ3v) is 5.01. The molecule has 0 saturated carbocycles. The highest BCUT2D eigenvalue weighted by Crippen LogP contribution is 2.23. The molecule has 3 rings (SSSR count). The molecule has 1 atom stereocenters. The van der Waals surface area contributed by atoms with E-state index in [0.29, 0.717) is 29.3 Å². The van der Waals surface area contributed by atoms with Crippen LogP contribution >= 0.6 is 11.6 Å². The zero-order valence-electron chi connectivity index (χ0n) is 16.4. The molecule has 6 nitrogen and oxygen atoms in total. The molecule has 0 unspecified atom stereocenters. The average Bonchev–Trinajstić information content (AvgIpc) is 3.05. The molecule has 1 fully saturated rings. The number of aromatic nitrogens is 2. The Morgan fingerprint density at radius 1 is 1.22 bits per heavy atom. The van der Waals surface area contributed by atoms with Gasteiger partial charge in [-0.25, -0.2) is 0 Å². The number of halogens is 1. The Bertz CT molecular complexity index is 726. The second kappa shape index (κ2) is 8.69. The number of piperazine rings is 1. The highest BCUT2D eigenvalue weighted by molar-refractivity contribution is 6.30. The molecule has 1 aliphatic heterocycles. The van der Waals surface area contributed by atoms with E-state index < -0.39 is 0 Å². The molecule has 2 aromatic rings. The predicted molar refractivity (Wildman–Crippen MR) is 107 cm³/mol. The molecule has 148 valence electrons. The van der Waals surface area contributed by atoms with Gasteiger partial charge in [-0.05, 0) is 36.1 Å². The monoisotopic (exact) mass is 392 g/mol. The number of hydrogen-bond acceptors (Lipinski definition) is 6. The Morgan fingerprint density at radius 3 is 2.63 bits per heavy atom. The lowest BCUT2D eigenvalue weighted by atomic mass is 9.94. The maximum absolute atomic E-state index is 9.46. The summed E-state index contributed by atoms with van der Waals surface area (Å²) in [5.74, 6) is 1.20. The maximum Gasteiger partial charge on any atom is 0.241 e. The fourth-order valence-corrected chi connectivity index (χ4v) is 3.69. The van der Waals surface area contributed by atoms with Crippen LogP contribution in [-0.2, 0) is 6.54 Å². The van der Waals surface area contributed by atoms with E-state index in [1.807, 2.05) is 24.3 Å². The van der Waals surface area contributed by atoms with Gasteiger partial charge in [-0.15, -0.1) is 0 Å². The summed E-state index contributed by atoms with van der Waals surface area (Å²) in [7, 11) is 0. The van der Waals surface area contributed by atoms with Gasteiger partial charge in [0.15, 0.2) is 0 Å². The fraction of sp³-hybridized carbons (Fsp3) is 0.600. The van der Waals surface area contributed by atoms with Crippen LogP contribution in [0.2, 0.25) is 5.02 Å². The van der Waals surface area contributed by atoms with Crippen molar-refractivity contribution in [3.05, 3.63) is 35.2 Å². The first-order chi connectivity index (χ1) is 12.8. The van der Waals surface area contributed by atoms with E-state index in [1.54, 1.807) is 0 Å². The van der Waals surface area contributed by atoms with Crippen molar-refractivity contribution in [2.24, 2.45) is 5.41 Å². The molecule has 1 N–H and O–H groups in total. The van der Waals surface area contributed by atoms with Gasteiger partial charge in [-0.2, -0.15) is 4.98 Å². The normalized spacial score (nSPS) is 19.5. The summed E-state index contributed by atoms with van der Waals surface area (Å²) in [4.78, 5) is 9.36. The van der Waals surface area contributed by atoms with Crippen LogP contribution in [0.15, 0.2) is 28.8 Å². The number of nitrogens with zero attached hydrogens (tertiary/aromatic N) is 4. The van der Waals surface area contributed by atoms with Crippen LogP contribution in [0.5, 0.6) is 0 Å². The molecule has 0 spiro atoms. The van der Waals surface area contributed by atoms with Crippen LogP contribution in [0.25, 0.3) is 11.4 Å². The van der Waals surface area contributed by atoms with Crippen molar-refractivity contribution in [2.45, 2.75) is 39.8 Å². The van der Waals surface area contributed by atoms with Gasteiger partial charge in [0.05, 0.1) is 6.54 Å². The molecule has 1 saturated heterocycles. The number of aliphatic hydroxyl groups is 1. The van der Waals surface area contributed by atoms with E-state index in [2.05, 4.69) is 40.7 Å². The van der Waals surface area contributed by atoms with Crippen LogP contribution < -0.4 is 0 Å². The van der Waals surface area contributed by atoms with Crippen LogP contribution in [0, 0.1) is 5.41 Å². The first-order valence-corrected chi connectivity index (χ1v) is 9.88. The lowest BCUT2D eigenvalue weighted by Crippen LogP contribution is -2.54. The first kappa shape index (κ1) is 20.3. The quantitative estimate of drug-likeness (QED) is 0.813. The fourth-order valence-electron chi connectivity index (χ4n) is 3.57. The van der Waals surface area contributed by atoms with E-state index in [4.69, 9.17) is 16.1 Å². The minimum absolute atomic E-state index is 0.209. The van der Waals surface area contributed by atoms with E-state index in [9.17, 15) is 5.11 Å². The van der Waals surface area contributed by atoms with Crippen molar-refractivity contribution >= 4 is 11.6 Å². The Hall–Kier alpha value is -1.47. The molecule has 1 aliphatic rings. The van der Waals surface area contributed by atoms with Gasteiger partial charge in [0.2, 0.25) is 11.7 Å². The molecular weight excluding hydrogens is 364 g/mol. The molecule has 0 radical (unpaired) electrons.